The first kappa shape index (κ1) is 22.4. The fraction of sp³-hybridized carbons (Fsp3) is 0.208. The van der Waals surface area contributed by atoms with Crippen molar-refractivity contribution in [1.29, 1.82) is 0 Å². The lowest BCUT2D eigenvalue weighted by molar-refractivity contribution is -0.111. The molecule has 3 rings (SSSR count). The molecule has 0 saturated carbocycles. The van der Waals surface area contributed by atoms with Crippen molar-refractivity contribution in [3.05, 3.63) is 83.5 Å². The van der Waals surface area contributed by atoms with Gasteiger partial charge >= 0.3 is 0 Å². The minimum absolute atomic E-state index is 0.0299. The Labute approximate surface area is 182 Å². The van der Waals surface area contributed by atoms with Gasteiger partial charge in [0.15, 0.2) is 11.6 Å². The Kier molecular flexibility index (Phi) is 6.65. The molecule has 0 bridgehead atoms. The molecule has 0 N–H and O–H groups in total. The van der Waals surface area contributed by atoms with Crippen molar-refractivity contribution in [2.24, 2.45) is 15.3 Å². The lowest BCUT2D eigenvalue weighted by Crippen LogP contribution is -2.18. The van der Waals surface area contributed by atoms with Crippen molar-refractivity contribution in [3.63, 3.8) is 0 Å². The van der Waals surface area contributed by atoms with Crippen LogP contribution in [0, 0.1) is 5.92 Å². The Balaban J connectivity index is 2.16. The maximum atomic E-state index is 13.0. The van der Waals surface area contributed by atoms with Gasteiger partial charge in [-0.2, -0.15) is 8.42 Å². The molecule has 0 unspecified atom stereocenters. The van der Waals surface area contributed by atoms with Crippen LogP contribution in [0.2, 0.25) is 0 Å². The van der Waals surface area contributed by atoms with Crippen molar-refractivity contribution in [1.82, 2.24) is 0 Å². The predicted octanol–water partition coefficient (Wildman–Crippen LogP) is 4.38. The van der Waals surface area contributed by atoms with E-state index < -0.39 is 10.0 Å². The van der Waals surface area contributed by atoms with Crippen LogP contribution in [0.15, 0.2) is 92.2 Å². The number of hydrogen-bond acceptors (Lipinski definition) is 4. The van der Waals surface area contributed by atoms with E-state index in [-0.39, 0.29) is 22.4 Å². The third kappa shape index (κ3) is 5.24. The quantitative estimate of drug-likeness (QED) is 0.395. The lowest BCUT2D eigenvalue weighted by Gasteiger charge is -2.17. The van der Waals surface area contributed by atoms with Crippen molar-refractivity contribution < 1.29 is 17.9 Å². The molecule has 2 aromatic rings. The van der Waals surface area contributed by atoms with Crippen molar-refractivity contribution in [2.45, 2.75) is 25.7 Å². The number of allylic oxidation sites excluding steroid dienone is 4. The molecular formula is C24H24N2O4S. The fourth-order valence-corrected chi connectivity index (χ4v) is 3.96. The number of rotatable bonds is 5. The highest BCUT2D eigenvalue weighted by Gasteiger charge is 2.21. The molecule has 0 spiro atoms. The van der Waals surface area contributed by atoms with Crippen LogP contribution in [-0.4, -0.2) is 32.9 Å². The molecule has 0 amide bonds. The number of hydrogen-bond donors (Lipinski definition) is 0. The number of sulfonamides is 1. The molecule has 7 heteroatoms. The van der Waals surface area contributed by atoms with Crippen LogP contribution in [-0.2, 0) is 14.8 Å². The summed E-state index contributed by atoms with van der Waals surface area (Å²) < 4.78 is 35.2. The summed E-state index contributed by atoms with van der Waals surface area (Å²) in [4.78, 5) is 16.8. The summed E-state index contributed by atoms with van der Waals surface area (Å²) >= 11 is 0. The van der Waals surface area contributed by atoms with Crippen molar-refractivity contribution in [3.8, 4) is 5.75 Å². The molecule has 6 nitrogen and oxygen atoms in total. The normalized spacial score (nSPS) is 16.4. The number of amidine groups is 1. The van der Waals surface area contributed by atoms with E-state index in [2.05, 4.69) is 9.39 Å². The van der Waals surface area contributed by atoms with Gasteiger partial charge in [-0.1, -0.05) is 44.2 Å². The molecule has 0 heterocycles. The molecule has 2 aromatic carbocycles. The molecule has 0 radical (unpaired) electrons. The molecule has 0 aliphatic heterocycles. The summed E-state index contributed by atoms with van der Waals surface area (Å²) in [6.07, 6.45) is 3.23. The zero-order valence-electron chi connectivity index (χ0n) is 17.9. The van der Waals surface area contributed by atoms with Crippen LogP contribution in [0.5, 0.6) is 5.75 Å². The Hall–Kier alpha value is -3.32. The van der Waals surface area contributed by atoms with Crippen LogP contribution < -0.4 is 4.74 Å². The zero-order chi connectivity index (χ0) is 22.6. The minimum Gasteiger partial charge on any atom is -0.497 e. The molecule has 0 atom stereocenters. The third-order valence-corrected chi connectivity index (χ3v) is 6.05. The van der Waals surface area contributed by atoms with E-state index in [4.69, 9.17) is 4.74 Å². The Morgan fingerprint density at radius 1 is 0.968 bits per heavy atom. The predicted molar refractivity (Wildman–Crippen MR) is 122 cm³/mol. The number of benzene rings is 2. The first-order chi connectivity index (χ1) is 14.7. The summed E-state index contributed by atoms with van der Waals surface area (Å²) in [7, 11) is -2.52. The van der Waals surface area contributed by atoms with Crippen LogP contribution >= 0.6 is 0 Å². The van der Waals surface area contributed by atoms with Gasteiger partial charge in [0, 0.05) is 5.56 Å². The molecule has 160 valence electrons. The van der Waals surface area contributed by atoms with Gasteiger partial charge in [0.2, 0.25) is 0 Å². The smallest absolute Gasteiger partial charge is 0.284 e. The highest BCUT2D eigenvalue weighted by molar-refractivity contribution is 7.90. The van der Waals surface area contributed by atoms with Gasteiger partial charge in [-0.15, -0.1) is 4.40 Å². The van der Waals surface area contributed by atoms with Crippen LogP contribution in [0.1, 0.15) is 26.3 Å². The SMILES string of the molecule is COc1ccc(S(=O)(=O)N=C(N=C2C=C(C)C(=O)C=C2C(C)C)c2ccccc2)cc1. The van der Waals surface area contributed by atoms with Crippen molar-refractivity contribution >= 4 is 27.4 Å². The molecule has 0 saturated heterocycles. The number of nitrogens with zero attached hydrogens (tertiary/aromatic N) is 2. The third-order valence-electron chi connectivity index (χ3n) is 4.77. The van der Waals surface area contributed by atoms with Gasteiger partial charge in [0.05, 0.1) is 17.7 Å². The number of aliphatic imine (C=N–C) groups is 1. The average Bonchev–Trinajstić information content (AvgIpc) is 2.76. The van der Waals surface area contributed by atoms with E-state index in [1.807, 2.05) is 19.9 Å². The van der Waals surface area contributed by atoms with Gasteiger partial charge in [-0.3, -0.25) is 4.79 Å². The topological polar surface area (TPSA) is 85.2 Å². The highest BCUT2D eigenvalue weighted by atomic mass is 32.2. The second kappa shape index (κ2) is 9.22. The second-order valence-electron chi connectivity index (χ2n) is 7.37. The number of ketones is 1. The number of carbonyl (C=O) groups is 1. The fourth-order valence-electron chi connectivity index (χ4n) is 3.00. The number of ether oxygens (including phenoxy) is 1. The molecule has 0 aromatic heterocycles. The summed E-state index contributed by atoms with van der Waals surface area (Å²) in [5.74, 6) is 0.552. The zero-order valence-corrected chi connectivity index (χ0v) is 18.7. The first-order valence-electron chi connectivity index (χ1n) is 9.79. The van der Waals surface area contributed by atoms with E-state index in [0.29, 0.717) is 22.6 Å². The Morgan fingerprint density at radius 2 is 1.61 bits per heavy atom. The highest BCUT2D eigenvalue weighted by Crippen LogP contribution is 2.22. The van der Waals surface area contributed by atoms with E-state index in [9.17, 15) is 13.2 Å². The molecular weight excluding hydrogens is 412 g/mol. The Bertz CT molecular complexity index is 1200. The molecule has 1 aliphatic rings. The number of methoxy groups -OCH3 is 1. The summed E-state index contributed by atoms with van der Waals surface area (Å²) in [5, 5.41) is 0. The lowest BCUT2D eigenvalue weighted by atomic mass is 9.90. The van der Waals surface area contributed by atoms with Gasteiger partial charge in [-0.25, -0.2) is 4.99 Å². The van der Waals surface area contributed by atoms with Crippen molar-refractivity contribution in [2.75, 3.05) is 7.11 Å². The minimum atomic E-state index is -4.03. The van der Waals surface area contributed by atoms with Crippen LogP contribution in [0.25, 0.3) is 0 Å². The van der Waals surface area contributed by atoms with Gasteiger partial charge in [0.25, 0.3) is 10.0 Å². The van der Waals surface area contributed by atoms with Crippen LogP contribution in [0.3, 0.4) is 0 Å². The molecule has 0 fully saturated rings. The maximum absolute atomic E-state index is 13.0. The van der Waals surface area contributed by atoms with Gasteiger partial charge in [-0.05, 0) is 60.4 Å². The molecule has 31 heavy (non-hydrogen) atoms. The summed E-state index contributed by atoms with van der Waals surface area (Å²) in [6, 6.07) is 14.9. The monoisotopic (exact) mass is 436 g/mol. The van der Waals surface area contributed by atoms with E-state index in [0.717, 1.165) is 5.57 Å². The Morgan fingerprint density at radius 3 is 2.19 bits per heavy atom. The van der Waals surface area contributed by atoms with E-state index in [1.54, 1.807) is 55.5 Å². The van der Waals surface area contributed by atoms with E-state index in [1.165, 1.54) is 19.2 Å². The second-order valence-corrected chi connectivity index (χ2v) is 8.98. The van der Waals surface area contributed by atoms with Crippen LogP contribution in [0.4, 0.5) is 0 Å². The summed E-state index contributed by atoms with van der Waals surface area (Å²) in [5.41, 5.74) is 2.35. The average molecular weight is 437 g/mol. The standard InChI is InChI=1S/C24H24N2O4S/c1-16(2)21-15-23(27)17(3)14-22(21)25-24(18-8-6-5-7-9-18)26-31(28,29)20-12-10-19(30-4)11-13-20/h5-16H,1-4H3. The van der Waals surface area contributed by atoms with Gasteiger partial charge in [0.1, 0.15) is 5.75 Å². The summed E-state index contributed by atoms with van der Waals surface area (Å²) in [6.45, 7) is 5.62. The largest absolute Gasteiger partial charge is 0.497 e. The van der Waals surface area contributed by atoms with E-state index >= 15 is 0 Å². The number of carbonyl (C=O) groups excluding carboxylic acids is 1. The van der Waals surface area contributed by atoms with Gasteiger partial charge < -0.3 is 4.74 Å². The first-order valence-corrected chi connectivity index (χ1v) is 11.2. The molecule has 1 aliphatic carbocycles. The maximum Gasteiger partial charge on any atom is 0.284 e.